The molecule has 0 fully saturated rings. The molecule has 2 heterocycles. The highest BCUT2D eigenvalue weighted by Gasteiger charge is 2.30. The predicted molar refractivity (Wildman–Crippen MR) is 65.7 cm³/mol. The van der Waals surface area contributed by atoms with Crippen molar-refractivity contribution in [2.75, 3.05) is 11.9 Å². The summed E-state index contributed by atoms with van der Waals surface area (Å²) in [5.41, 5.74) is 0.312. The fourth-order valence-corrected chi connectivity index (χ4v) is 1.55. The first-order chi connectivity index (χ1) is 9.05. The van der Waals surface area contributed by atoms with Crippen molar-refractivity contribution in [3.8, 4) is 0 Å². The number of aromatic nitrogens is 2. The monoisotopic (exact) mass is 267 g/mol. The Morgan fingerprint density at radius 3 is 2.53 bits per heavy atom. The first-order valence-electron chi connectivity index (χ1n) is 5.72. The number of rotatable bonds is 4. The second kappa shape index (κ2) is 5.69. The molecule has 2 aromatic heterocycles. The van der Waals surface area contributed by atoms with Crippen LogP contribution in [0.15, 0.2) is 42.9 Å². The van der Waals surface area contributed by atoms with E-state index in [1.165, 1.54) is 6.07 Å². The van der Waals surface area contributed by atoms with Gasteiger partial charge in [0.1, 0.15) is 5.82 Å². The van der Waals surface area contributed by atoms with Gasteiger partial charge in [-0.1, -0.05) is 6.07 Å². The van der Waals surface area contributed by atoms with Gasteiger partial charge in [-0.3, -0.25) is 4.98 Å². The lowest BCUT2D eigenvalue weighted by atomic mass is 10.2. The molecule has 0 spiro atoms. The summed E-state index contributed by atoms with van der Waals surface area (Å²) in [6.45, 7) is 0.587. The molecule has 0 aliphatic rings. The fraction of sp³-hybridized carbons (Fsp3) is 0.231. The summed E-state index contributed by atoms with van der Waals surface area (Å²) in [6.07, 6.45) is 0.653. The van der Waals surface area contributed by atoms with Crippen LogP contribution >= 0.6 is 0 Å². The Morgan fingerprint density at radius 2 is 1.95 bits per heavy atom. The second-order valence-corrected chi connectivity index (χ2v) is 3.97. The van der Waals surface area contributed by atoms with Crippen molar-refractivity contribution in [3.63, 3.8) is 0 Å². The molecule has 0 aliphatic carbocycles. The normalized spacial score (nSPS) is 11.3. The van der Waals surface area contributed by atoms with Crippen LogP contribution in [0.25, 0.3) is 0 Å². The van der Waals surface area contributed by atoms with Gasteiger partial charge in [0, 0.05) is 25.1 Å². The van der Waals surface area contributed by atoms with Crippen molar-refractivity contribution in [2.45, 2.75) is 12.6 Å². The molecule has 0 amide bonds. The highest BCUT2D eigenvalue weighted by Crippen LogP contribution is 2.28. The SMILES string of the molecule is FC(F)(F)c1ccc(NCCc2cccnc2)nc1. The molecule has 1 N–H and O–H groups in total. The van der Waals surface area contributed by atoms with Gasteiger partial charge in [-0.05, 0) is 30.2 Å². The Hall–Kier alpha value is -2.11. The molecule has 3 nitrogen and oxygen atoms in total. The van der Waals surface area contributed by atoms with E-state index in [4.69, 9.17) is 0 Å². The van der Waals surface area contributed by atoms with Crippen LogP contribution in [0.5, 0.6) is 0 Å². The number of alkyl halides is 3. The van der Waals surface area contributed by atoms with E-state index in [1.54, 1.807) is 12.4 Å². The van der Waals surface area contributed by atoms with Crippen LogP contribution in [0.3, 0.4) is 0 Å². The third-order valence-electron chi connectivity index (χ3n) is 2.53. The van der Waals surface area contributed by atoms with Gasteiger partial charge in [0.2, 0.25) is 0 Å². The second-order valence-electron chi connectivity index (χ2n) is 3.97. The zero-order valence-electron chi connectivity index (χ0n) is 9.98. The van der Waals surface area contributed by atoms with E-state index >= 15 is 0 Å². The largest absolute Gasteiger partial charge is 0.417 e. The molecule has 0 aliphatic heterocycles. The quantitative estimate of drug-likeness (QED) is 0.924. The Morgan fingerprint density at radius 1 is 1.11 bits per heavy atom. The molecule has 2 aromatic rings. The van der Waals surface area contributed by atoms with Crippen molar-refractivity contribution in [3.05, 3.63) is 54.0 Å². The van der Waals surface area contributed by atoms with Gasteiger partial charge < -0.3 is 5.32 Å². The number of halogens is 3. The summed E-state index contributed by atoms with van der Waals surface area (Å²) < 4.78 is 37.0. The molecular formula is C13H12F3N3. The molecule has 0 unspecified atom stereocenters. The maximum absolute atomic E-state index is 12.3. The van der Waals surface area contributed by atoms with Crippen molar-refractivity contribution < 1.29 is 13.2 Å². The molecule has 0 saturated heterocycles. The maximum atomic E-state index is 12.3. The zero-order chi connectivity index (χ0) is 13.7. The minimum absolute atomic E-state index is 0.428. The van der Waals surface area contributed by atoms with Gasteiger partial charge in [-0.25, -0.2) is 4.98 Å². The highest BCUT2D eigenvalue weighted by molar-refractivity contribution is 5.36. The zero-order valence-corrected chi connectivity index (χ0v) is 9.98. The van der Waals surface area contributed by atoms with Gasteiger partial charge in [0.25, 0.3) is 0 Å². The third kappa shape index (κ3) is 3.94. The van der Waals surface area contributed by atoms with Crippen LogP contribution in [0.2, 0.25) is 0 Å². The Labute approximate surface area is 108 Å². The van der Waals surface area contributed by atoms with Crippen molar-refractivity contribution in [2.24, 2.45) is 0 Å². The first-order valence-corrected chi connectivity index (χ1v) is 5.72. The van der Waals surface area contributed by atoms with E-state index in [0.717, 1.165) is 24.2 Å². The van der Waals surface area contributed by atoms with E-state index in [0.29, 0.717) is 12.4 Å². The van der Waals surface area contributed by atoms with Crippen LogP contribution in [-0.4, -0.2) is 16.5 Å². The van der Waals surface area contributed by atoms with Crippen LogP contribution in [-0.2, 0) is 12.6 Å². The number of pyridine rings is 2. The van der Waals surface area contributed by atoms with E-state index in [-0.39, 0.29) is 0 Å². The molecule has 100 valence electrons. The molecule has 2 rings (SSSR count). The third-order valence-corrected chi connectivity index (χ3v) is 2.53. The number of hydrogen-bond donors (Lipinski definition) is 1. The van der Waals surface area contributed by atoms with Crippen LogP contribution in [0.1, 0.15) is 11.1 Å². The lowest BCUT2D eigenvalue weighted by Gasteiger charge is -2.08. The van der Waals surface area contributed by atoms with Gasteiger partial charge >= 0.3 is 6.18 Å². The molecule has 6 heteroatoms. The van der Waals surface area contributed by atoms with Crippen molar-refractivity contribution >= 4 is 5.82 Å². The fourth-order valence-electron chi connectivity index (χ4n) is 1.55. The Bertz CT molecular complexity index is 509. The molecule has 0 radical (unpaired) electrons. The van der Waals surface area contributed by atoms with E-state index in [2.05, 4.69) is 15.3 Å². The molecule has 0 saturated carbocycles. The lowest BCUT2D eigenvalue weighted by Crippen LogP contribution is -2.09. The highest BCUT2D eigenvalue weighted by atomic mass is 19.4. The van der Waals surface area contributed by atoms with Crippen molar-refractivity contribution in [1.29, 1.82) is 0 Å². The summed E-state index contributed by atoms with van der Waals surface area (Å²) in [6, 6.07) is 6.12. The lowest BCUT2D eigenvalue weighted by molar-refractivity contribution is -0.137. The summed E-state index contributed by atoms with van der Waals surface area (Å²) in [7, 11) is 0. The molecule has 19 heavy (non-hydrogen) atoms. The van der Waals surface area contributed by atoms with Gasteiger partial charge in [0.15, 0.2) is 0 Å². The standard InChI is InChI=1S/C13H12F3N3/c14-13(15,16)11-3-4-12(19-9-11)18-7-5-10-2-1-6-17-8-10/h1-4,6,8-9H,5,7H2,(H,18,19). The molecular weight excluding hydrogens is 255 g/mol. The molecule has 0 atom stereocenters. The minimum atomic E-state index is -4.35. The first kappa shape index (κ1) is 13.3. The Kier molecular flexibility index (Phi) is 3.99. The van der Waals surface area contributed by atoms with Crippen LogP contribution in [0.4, 0.5) is 19.0 Å². The van der Waals surface area contributed by atoms with E-state index in [9.17, 15) is 13.2 Å². The topological polar surface area (TPSA) is 37.8 Å². The number of anilines is 1. The average molecular weight is 267 g/mol. The van der Waals surface area contributed by atoms with Gasteiger partial charge in [-0.15, -0.1) is 0 Å². The van der Waals surface area contributed by atoms with E-state index < -0.39 is 11.7 Å². The number of nitrogens with one attached hydrogen (secondary N) is 1. The number of hydrogen-bond acceptors (Lipinski definition) is 3. The molecule has 0 aromatic carbocycles. The minimum Gasteiger partial charge on any atom is -0.370 e. The van der Waals surface area contributed by atoms with E-state index in [1.807, 2.05) is 12.1 Å². The predicted octanol–water partition coefficient (Wildman–Crippen LogP) is 3.15. The molecule has 0 bridgehead atoms. The number of nitrogens with zero attached hydrogens (tertiary/aromatic N) is 2. The Balaban J connectivity index is 1.87. The summed E-state index contributed by atoms with van der Waals surface area (Å²) in [5.74, 6) is 0.428. The maximum Gasteiger partial charge on any atom is 0.417 e. The van der Waals surface area contributed by atoms with Gasteiger partial charge in [-0.2, -0.15) is 13.2 Å². The van der Waals surface area contributed by atoms with Crippen molar-refractivity contribution in [1.82, 2.24) is 9.97 Å². The van der Waals surface area contributed by atoms with Crippen LogP contribution < -0.4 is 5.32 Å². The van der Waals surface area contributed by atoms with Crippen LogP contribution in [0, 0.1) is 0 Å². The summed E-state index contributed by atoms with van der Waals surface area (Å²) in [5, 5.41) is 2.97. The smallest absolute Gasteiger partial charge is 0.370 e. The van der Waals surface area contributed by atoms with Gasteiger partial charge in [0.05, 0.1) is 5.56 Å². The summed E-state index contributed by atoms with van der Waals surface area (Å²) in [4.78, 5) is 7.71. The average Bonchev–Trinajstić information content (AvgIpc) is 2.39. The summed E-state index contributed by atoms with van der Waals surface area (Å²) >= 11 is 0.